The average molecular weight is 277 g/mol. The topological polar surface area (TPSA) is 73.7 Å². The van der Waals surface area contributed by atoms with Crippen LogP contribution in [0, 0.1) is 17.7 Å². The summed E-state index contributed by atoms with van der Waals surface area (Å²) >= 11 is 0. The molecule has 4 N–H and O–H groups in total. The minimum absolute atomic E-state index is 0.292. The van der Waals surface area contributed by atoms with Crippen LogP contribution in [-0.2, 0) is 0 Å². The van der Waals surface area contributed by atoms with Crippen molar-refractivity contribution in [3.63, 3.8) is 0 Å². The van der Waals surface area contributed by atoms with Gasteiger partial charge in [-0.3, -0.25) is 10.8 Å². The van der Waals surface area contributed by atoms with Gasteiger partial charge in [-0.1, -0.05) is 36.4 Å². The lowest BCUT2D eigenvalue weighted by Gasteiger charge is -2.03. The highest BCUT2D eigenvalue weighted by molar-refractivity contribution is 6.49. The first kappa shape index (κ1) is 14.7. The molecule has 106 valence electrons. The van der Waals surface area contributed by atoms with E-state index in [2.05, 4.69) is 25.1 Å². The third-order valence-electron chi connectivity index (χ3n) is 3.35. The van der Waals surface area contributed by atoms with Crippen LogP contribution in [0.5, 0.6) is 0 Å². The second-order valence-corrected chi connectivity index (χ2v) is 5.07. The average Bonchev–Trinajstić information content (AvgIpc) is 2.48. The Kier molecular flexibility index (Phi) is 4.33. The van der Waals surface area contributed by atoms with Crippen LogP contribution in [0.2, 0.25) is 0 Å². The van der Waals surface area contributed by atoms with Crippen LogP contribution in [-0.4, -0.2) is 11.4 Å². The second kappa shape index (κ2) is 6.18. The largest absolute Gasteiger partial charge is 0.398 e. The summed E-state index contributed by atoms with van der Waals surface area (Å²) < 4.78 is 0. The van der Waals surface area contributed by atoms with Gasteiger partial charge in [0.2, 0.25) is 0 Å². The summed E-state index contributed by atoms with van der Waals surface area (Å²) in [7, 11) is 0. The van der Waals surface area contributed by atoms with E-state index in [0.717, 1.165) is 16.6 Å². The standard InChI is InChI=1S/C11H11N.C7H8N2/c1-8-6-7-11(12)10-5-3-2-4-9(8)10;1-5-2-3-6(8)7(9)4-5/h2-7H,12H2,1H3;2-4,8-9H,1H3. The van der Waals surface area contributed by atoms with Gasteiger partial charge in [0, 0.05) is 11.1 Å². The minimum Gasteiger partial charge on any atom is -0.398 e. The van der Waals surface area contributed by atoms with E-state index in [0.29, 0.717) is 11.4 Å². The van der Waals surface area contributed by atoms with E-state index < -0.39 is 0 Å². The lowest BCUT2D eigenvalue weighted by atomic mass is 10.0. The maximum atomic E-state index is 7.17. The van der Waals surface area contributed by atoms with Crippen molar-refractivity contribution in [1.82, 2.24) is 0 Å². The van der Waals surface area contributed by atoms with Crippen LogP contribution in [0.25, 0.3) is 10.8 Å². The molecular weight excluding hydrogens is 258 g/mol. The van der Waals surface area contributed by atoms with E-state index in [1.807, 2.05) is 31.2 Å². The number of nitrogens with two attached hydrogens (primary N) is 1. The van der Waals surface area contributed by atoms with Gasteiger partial charge in [0.1, 0.15) is 0 Å². The highest BCUT2D eigenvalue weighted by Crippen LogP contribution is 2.23. The number of allylic oxidation sites excluding steroid dienone is 4. The molecule has 3 nitrogen and oxygen atoms in total. The van der Waals surface area contributed by atoms with Gasteiger partial charge >= 0.3 is 0 Å². The number of nitrogen functional groups attached to an aromatic ring is 1. The van der Waals surface area contributed by atoms with Gasteiger partial charge in [-0.2, -0.15) is 0 Å². The van der Waals surface area contributed by atoms with Gasteiger partial charge in [-0.25, -0.2) is 0 Å². The zero-order valence-corrected chi connectivity index (χ0v) is 12.3. The van der Waals surface area contributed by atoms with E-state index in [-0.39, 0.29) is 0 Å². The van der Waals surface area contributed by atoms with E-state index in [4.69, 9.17) is 16.6 Å². The molecule has 0 saturated carbocycles. The quantitative estimate of drug-likeness (QED) is 0.488. The molecule has 0 amide bonds. The summed E-state index contributed by atoms with van der Waals surface area (Å²) in [6.45, 7) is 4.01. The number of anilines is 1. The molecule has 1 aliphatic rings. The predicted molar refractivity (Wildman–Crippen MR) is 91.4 cm³/mol. The maximum absolute atomic E-state index is 7.17. The molecule has 21 heavy (non-hydrogen) atoms. The number of aryl methyl sites for hydroxylation is 1. The molecule has 0 bridgehead atoms. The Bertz CT molecular complexity index is 727. The zero-order chi connectivity index (χ0) is 15.4. The van der Waals surface area contributed by atoms with Crippen molar-refractivity contribution in [3.8, 4) is 0 Å². The van der Waals surface area contributed by atoms with Crippen LogP contribution in [0.1, 0.15) is 12.5 Å². The second-order valence-electron chi connectivity index (χ2n) is 5.07. The molecule has 0 saturated heterocycles. The molecule has 1 aliphatic carbocycles. The SMILES string of the molecule is CC1=CC(=N)C(=N)C=C1.Cc1ccc(N)c2ccccc12. The Labute approximate surface area is 124 Å². The number of benzene rings is 2. The van der Waals surface area contributed by atoms with Gasteiger partial charge in [0.15, 0.2) is 0 Å². The number of hydrogen-bond donors (Lipinski definition) is 3. The molecule has 0 spiro atoms. The fourth-order valence-electron chi connectivity index (χ4n) is 2.13. The Balaban J connectivity index is 0.000000161. The molecule has 0 heterocycles. The number of hydrogen-bond acceptors (Lipinski definition) is 3. The molecule has 3 rings (SSSR count). The molecule has 0 fully saturated rings. The number of nitrogens with one attached hydrogen (secondary N) is 2. The Morgan fingerprint density at radius 3 is 2.05 bits per heavy atom. The van der Waals surface area contributed by atoms with Gasteiger partial charge in [-0.05, 0) is 48.6 Å². The summed E-state index contributed by atoms with van der Waals surface area (Å²) in [5, 5.41) is 16.7. The molecular formula is C18H19N3. The van der Waals surface area contributed by atoms with E-state index in [1.54, 1.807) is 12.2 Å². The molecule has 2 aromatic carbocycles. The van der Waals surface area contributed by atoms with E-state index in [1.165, 1.54) is 10.9 Å². The zero-order valence-electron chi connectivity index (χ0n) is 12.3. The molecule has 0 radical (unpaired) electrons. The highest BCUT2D eigenvalue weighted by Gasteiger charge is 2.01. The van der Waals surface area contributed by atoms with Crippen molar-refractivity contribution < 1.29 is 0 Å². The van der Waals surface area contributed by atoms with Crippen molar-refractivity contribution in [2.75, 3.05) is 5.73 Å². The number of rotatable bonds is 0. The van der Waals surface area contributed by atoms with Crippen LogP contribution in [0.3, 0.4) is 0 Å². The van der Waals surface area contributed by atoms with Crippen molar-refractivity contribution in [3.05, 3.63) is 65.8 Å². The molecule has 2 aromatic rings. The van der Waals surface area contributed by atoms with Gasteiger partial charge in [0.25, 0.3) is 0 Å². The van der Waals surface area contributed by atoms with Crippen molar-refractivity contribution in [2.45, 2.75) is 13.8 Å². The third kappa shape index (κ3) is 3.45. The lowest BCUT2D eigenvalue weighted by Crippen LogP contribution is -2.08. The molecule has 0 aromatic heterocycles. The van der Waals surface area contributed by atoms with E-state index >= 15 is 0 Å². The van der Waals surface area contributed by atoms with Gasteiger partial charge in [0.05, 0.1) is 11.4 Å². The Morgan fingerprint density at radius 1 is 0.810 bits per heavy atom. The smallest absolute Gasteiger partial charge is 0.0791 e. The number of fused-ring (bicyclic) bond motifs is 1. The summed E-state index contributed by atoms with van der Waals surface area (Å²) in [6, 6.07) is 12.2. The summed E-state index contributed by atoms with van der Waals surface area (Å²) in [5.41, 5.74) is 9.59. The fraction of sp³-hybridized carbons (Fsp3) is 0.111. The van der Waals surface area contributed by atoms with Crippen molar-refractivity contribution >= 4 is 27.9 Å². The van der Waals surface area contributed by atoms with Crippen molar-refractivity contribution in [1.29, 1.82) is 10.8 Å². The van der Waals surface area contributed by atoms with Crippen LogP contribution < -0.4 is 5.73 Å². The van der Waals surface area contributed by atoms with Crippen LogP contribution in [0.15, 0.2) is 60.2 Å². The van der Waals surface area contributed by atoms with Gasteiger partial charge in [-0.15, -0.1) is 0 Å². The monoisotopic (exact) mass is 277 g/mol. The first-order valence-corrected chi connectivity index (χ1v) is 6.76. The highest BCUT2D eigenvalue weighted by atomic mass is 14.5. The van der Waals surface area contributed by atoms with Gasteiger partial charge < -0.3 is 5.73 Å². The molecule has 0 atom stereocenters. The molecule has 0 unspecified atom stereocenters. The molecule has 3 heteroatoms. The Hall–Kier alpha value is -2.68. The van der Waals surface area contributed by atoms with Crippen LogP contribution >= 0.6 is 0 Å². The Morgan fingerprint density at radius 2 is 1.48 bits per heavy atom. The summed E-state index contributed by atoms with van der Waals surface area (Å²) in [6.07, 6.45) is 5.15. The first-order chi connectivity index (χ1) is 9.99. The summed E-state index contributed by atoms with van der Waals surface area (Å²) in [4.78, 5) is 0. The predicted octanol–water partition coefficient (Wildman–Crippen LogP) is 4.27. The maximum Gasteiger partial charge on any atom is 0.0791 e. The molecule has 0 aliphatic heterocycles. The fourth-order valence-corrected chi connectivity index (χ4v) is 2.13. The van der Waals surface area contributed by atoms with E-state index in [9.17, 15) is 0 Å². The third-order valence-corrected chi connectivity index (χ3v) is 3.35. The first-order valence-electron chi connectivity index (χ1n) is 6.76. The summed E-state index contributed by atoms with van der Waals surface area (Å²) in [5.74, 6) is 0. The lowest BCUT2D eigenvalue weighted by molar-refractivity contribution is 1.45. The van der Waals surface area contributed by atoms with Crippen LogP contribution in [0.4, 0.5) is 5.69 Å². The minimum atomic E-state index is 0.292. The normalized spacial score (nSPS) is 13.7. The van der Waals surface area contributed by atoms with Crippen molar-refractivity contribution in [2.24, 2.45) is 0 Å².